The number of nitrogens with zero attached hydrogens (tertiary/aromatic N) is 2. The molecule has 32 heavy (non-hydrogen) atoms. The Kier molecular flexibility index (Phi) is 6.57. The maximum atomic E-state index is 12.8. The van der Waals surface area contributed by atoms with E-state index in [0.717, 1.165) is 11.1 Å². The maximum absolute atomic E-state index is 12.8. The summed E-state index contributed by atoms with van der Waals surface area (Å²) in [6.45, 7) is 0.842. The molecule has 2 fully saturated rings. The predicted octanol–water partition coefficient (Wildman–Crippen LogP) is 3.38. The number of carbonyl (C=O) groups is 2. The normalized spacial score (nSPS) is 24.2. The summed E-state index contributed by atoms with van der Waals surface area (Å²) in [7, 11) is 0. The highest BCUT2D eigenvalue weighted by Gasteiger charge is 2.50. The number of fused-ring (bicyclic) bond motifs is 2. The van der Waals surface area contributed by atoms with Crippen LogP contribution in [0.5, 0.6) is 0 Å². The molecule has 2 saturated heterocycles. The van der Waals surface area contributed by atoms with Crippen LogP contribution in [0.25, 0.3) is 0 Å². The van der Waals surface area contributed by atoms with E-state index >= 15 is 0 Å². The molecule has 2 unspecified atom stereocenters. The number of hydrogen-bond donors (Lipinski definition) is 1. The van der Waals surface area contributed by atoms with E-state index in [2.05, 4.69) is 11.4 Å². The maximum Gasteiger partial charge on any atom is 0.410 e. The number of hydrogen-bond acceptors (Lipinski definition) is 6. The van der Waals surface area contributed by atoms with E-state index < -0.39 is 17.7 Å². The molecule has 2 atom stereocenters. The van der Waals surface area contributed by atoms with Gasteiger partial charge in [-0.2, -0.15) is 5.26 Å². The van der Waals surface area contributed by atoms with Gasteiger partial charge in [-0.05, 0) is 11.1 Å². The van der Waals surface area contributed by atoms with Gasteiger partial charge < -0.3 is 19.5 Å². The van der Waals surface area contributed by atoms with Gasteiger partial charge in [0.15, 0.2) is 0 Å². The molecule has 2 aliphatic heterocycles. The van der Waals surface area contributed by atoms with E-state index in [1.807, 2.05) is 60.7 Å². The van der Waals surface area contributed by atoms with Crippen molar-refractivity contribution < 1.29 is 23.8 Å². The molecule has 2 aromatic carbocycles. The number of amides is 2. The lowest BCUT2D eigenvalue weighted by Crippen LogP contribution is -2.67. The van der Waals surface area contributed by atoms with Crippen molar-refractivity contribution in [3.05, 3.63) is 71.8 Å². The zero-order valence-electron chi connectivity index (χ0n) is 17.6. The minimum atomic E-state index is -1.14. The quantitative estimate of drug-likeness (QED) is 0.773. The van der Waals surface area contributed by atoms with Gasteiger partial charge in [0.2, 0.25) is 0 Å². The van der Waals surface area contributed by atoms with Crippen LogP contribution < -0.4 is 5.32 Å². The molecule has 2 amide bonds. The van der Waals surface area contributed by atoms with Crippen LogP contribution in [0, 0.1) is 11.3 Å². The van der Waals surface area contributed by atoms with E-state index in [0.29, 0.717) is 0 Å². The van der Waals surface area contributed by atoms with Crippen LogP contribution in [0.2, 0.25) is 0 Å². The molecule has 0 saturated carbocycles. The van der Waals surface area contributed by atoms with Gasteiger partial charge in [0, 0.05) is 12.8 Å². The van der Waals surface area contributed by atoms with Crippen LogP contribution in [0.4, 0.5) is 9.59 Å². The molecule has 0 radical (unpaired) electrons. The first-order chi connectivity index (χ1) is 15.6. The first-order valence-corrected chi connectivity index (χ1v) is 10.6. The number of nitriles is 1. The van der Waals surface area contributed by atoms with Crippen molar-refractivity contribution in [3.8, 4) is 6.07 Å². The molecule has 0 aromatic heterocycles. The number of rotatable bonds is 5. The summed E-state index contributed by atoms with van der Waals surface area (Å²) < 4.78 is 16.4. The van der Waals surface area contributed by atoms with Crippen molar-refractivity contribution in [1.82, 2.24) is 10.2 Å². The fraction of sp³-hybridized carbons (Fsp3) is 0.375. The largest absolute Gasteiger partial charge is 0.445 e. The van der Waals surface area contributed by atoms with Gasteiger partial charge in [0.05, 0.1) is 31.4 Å². The molecule has 0 spiro atoms. The molecular formula is C24H25N3O5. The Labute approximate surface area is 186 Å². The van der Waals surface area contributed by atoms with Gasteiger partial charge in [-0.15, -0.1) is 0 Å². The Morgan fingerprint density at radius 1 is 0.969 bits per heavy atom. The minimum absolute atomic E-state index is 0.113. The average Bonchev–Trinajstić information content (AvgIpc) is 2.82. The highest BCUT2D eigenvalue weighted by molar-refractivity contribution is 5.71. The number of ether oxygens (including phenoxy) is 3. The molecule has 166 valence electrons. The first-order valence-electron chi connectivity index (χ1n) is 10.6. The Morgan fingerprint density at radius 3 is 2.03 bits per heavy atom. The minimum Gasteiger partial charge on any atom is -0.445 e. The number of carbonyl (C=O) groups excluding carboxylic acids is 2. The second-order valence-electron chi connectivity index (χ2n) is 8.08. The van der Waals surface area contributed by atoms with Crippen molar-refractivity contribution in [2.75, 3.05) is 13.2 Å². The average molecular weight is 435 g/mol. The summed E-state index contributed by atoms with van der Waals surface area (Å²) in [6, 6.07) is 20.3. The molecule has 8 heteroatoms. The zero-order valence-corrected chi connectivity index (χ0v) is 17.6. The van der Waals surface area contributed by atoms with Crippen molar-refractivity contribution in [2.24, 2.45) is 0 Å². The van der Waals surface area contributed by atoms with E-state index in [1.54, 1.807) is 4.90 Å². The van der Waals surface area contributed by atoms with Crippen molar-refractivity contribution in [2.45, 2.75) is 43.7 Å². The number of morpholine rings is 1. The van der Waals surface area contributed by atoms with E-state index in [-0.39, 0.29) is 51.4 Å². The third-order valence-electron chi connectivity index (χ3n) is 5.76. The second kappa shape index (κ2) is 9.71. The van der Waals surface area contributed by atoms with Crippen molar-refractivity contribution >= 4 is 12.2 Å². The Balaban J connectivity index is 1.37. The number of nitrogens with one attached hydrogen (secondary N) is 1. The van der Waals surface area contributed by atoms with Gasteiger partial charge in [-0.1, -0.05) is 60.7 Å². The van der Waals surface area contributed by atoms with Crippen LogP contribution in [0.3, 0.4) is 0 Å². The molecule has 2 aromatic rings. The second-order valence-corrected chi connectivity index (χ2v) is 8.08. The molecular weight excluding hydrogens is 410 g/mol. The number of benzene rings is 2. The summed E-state index contributed by atoms with van der Waals surface area (Å²) >= 11 is 0. The van der Waals surface area contributed by atoms with Gasteiger partial charge in [0.25, 0.3) is 0 Å². The van der Waals surface area contributed by atoms with Crippen LogP contribution in [0.15, 0.2) is 60.7 Å². The van der Waals surface area contributed by atoms with Gasteiger partial charge >= 0.3 is 12.2 Å². The monoisotopic (exact) mass is 435 g/mol. The number of alkyl carbamates (subject to hydrolysis) is 1. The Morgan fingerprint density at radius 2 is 1.50 bits per heavy atom. The molecule has 2 aliphatic rings. The Hall–Kier alpha value is -3.57. The summed E-state index contributed by atoms with van der Waals surface area (Å²) in [6.07, 6.45) is -0.623. The van der Waals surface area contributed by atoms with E-state index in [9.17, 15) is 14.9 Å². The summed E-state index contributed by atoms with van der Waals surface area (Å²) in [4.78, 5) is 26.9. The number of piperidine rings is 1. The highest BCUT2D eigenvalue weighted by Crippen LogP contribution is 2.35. The van der Waals surface area contributed by atoms with Crippen LogP contribution in [-0.4, -0.2) is 47.9 Å². The predicted molar refractivity (Wildman–Crippen MR) is 114 cm³/mol. The SMILES string of the molecule is N#CC1(NC(=O)OCc2ccccc2)CC2COCC(C1)N2C(=O)OCc1ccccc1. The van der Waals surface area contributed by atoms with Crippen LogP contribution in [-0.2, 0) is 27.4 Å². The van der Waals surface area contributed by atoms with E-state index in [4.69, 9.17) is 14.2 Å². The third kappa shape index (κ3) is 5.01. The lowest BCUT2D eigenvalue weighted by atomic mass is 9.79. The first kappa shape index (κ1) is 21.7. The summed E-state index contributed by atoms with van der Waals surface area (Å²) in [5.74, 6) is 0. The molecule has 8 nitrogen and oxygen atoms in total. The van der Waals surface area contributed by atoms with Crippen LogP contribution in [0.1, 0.15) is 24.0 Å². The Bertz CT molecular complexity index is 962. The fourth-order valence-corrected chi connectivity index (χ4v) is 4.27. The molecule has 0 aliphatic carbocycles. The molecule has 2 bridgehead atoms. The van der Waals surface area contributed by atoms with Gasteiger partial charge in [0.1, 0.15) is 18.8 Å². The lowest BCUT2D eigenvalue weighted by Gasteiger charge is -2.50. The smallest absolute Gasteiger partial charge is 0.410 e. The molecule has 4 rings (SSSR count). The van der Waals surface area contributed by atoms with Gasteiger partial charge in [-0.25, -0.2) is 9.59 Å². The fourth-order valence-electron chi connectivity index (χ4n) is 4.27. The molecule has 1 N–H and O–H groups in total. The zero-order chi connectivity index (χ0) is 22.4. The van der Waals surface area contributed by atoms with Gasteiger partial charge in [-0.3, -0.25) is 4.90 Å². The van der Waals surface area contributed by atoms with Crippen LogP contribution >= 0.6 is 0 Å². The van der Waals surface area contributed by atoms with Crippen molar-refractivity contribution in [1.29, 1.82) is 5.26 Å². The standard InChI is InChI=1S/C24H25N3O5/c25-17-24(26-22(28)31-13-18-7-3-1-4-8-18)11-20-15-30-16-21(12-24)27(20)23(29)32-14-19-9-5-2-6-10-19/h1-10,20-21H,11-16H2,(H,26,28). The third-order valence-corrected chi connectivity index (χ3v) is 5.76. The van der Waals surface area contributed by atoms with Crippen molar-refractivity contribution in [3.63, 3.8) is 0 Å². The topological polar surface area (TPSA) is 101 Å². The highest BCUT2D eigenvalue weighted by atomic mass is 16.6. The lowest BCUT2D eigenvalue weighted by molar-refractivity contribution is -0.0812. The summed E-state index contributed by atoms with van der Waals surface area (Å²) in [5.41, 5.74) is 0.617. The van der Waals surface area contributed by atoms with E-state index in [1.165, 1.54) is 0 Å². The summed E-state index contributed by atoms with van der Waals surface area (Å²) in [5, 5.41) is 12.7. The molecule has 2 heterocycles.